The van der Waals surface area contributed by atoms with E-state index in [4.69, 9.17) is 4.74 Å². The van der Waals surface area contributed by atoms with Crippen LogP contribution in [-0.2, 0) is 14.3 Å². The Morgan fingerprint density at radius 3 is 2.69 bits per heavy atom. The van der Waals surface area contributed by atoms with Crippen LogP contribution in [0.1, 0.15) is 72.1 Å². The molecule has 6 unspecified atom stereocenters. The van der Waals surface area contributed by atoms with Crippen molar-refractivity contribution < 1.29 is 19.4 Å². The summed E-state index contributed by atoms with van der Waals surface area (Å²) in [6.45, 7) is 6.38. The molecule has 0 amide bonds. The van der Waals surface area contributed by atoms with Crippen molar-refractivity contribution in [2.24, 2.45) is 34.0 Å². The van der Waals surface area contributed by atoms with Crippen LogP contribution in [0.15, 0.2) is 11.6 Å². The highest BCUT2D eigenvalue weighted by molar-refractivity contribution is 5.75. The van der Waals surface area contributed by atoms with Crippen LogP contribution in [0.3, 0.4) is 0 Å². The van der Waals surface area contributed by atoms with Gasteiger partial charge in [0.15, 0.2) is 0 Å². The summed E-state index contributed by atoms with van der Waals surface area (Å²) in [5, 5.41) is 9.97. The molecule has 4 aliphatic carbocycles. The second-order valence-electron chi connectivity index (χ2n) is 9.95. The van der Waals surface area contributed by atoms with Gasteiger partial charge in [0.1, 0.15) is 0 Å². The summed E-state index contributed by atoms with van der Waals surface area (Å²) < 4.78 is 5.37. The third-order valence-electron chi connectivity index (χ3n) is 8.62. The molecule has 6 atom stereocenters. The highest BCUT2D eigenvalue weighted by atomic mass is 16.5. The van der Waals surface area contributed by atoms with E-state index in [0.717, 1.165) is 44.9 Å². The van der Waals surface area contributed by atoms with Gasteiger partial charge in [-0.1, -0.05) is 25.0 Å². The molecular formula is C22H32O4. The number of fused-ring (bicyclic) bond motifs is 3. The normalized spacial score (nSPS) is 46.7. The number of carbonyl (C=O) groups is 2. The quantitative estimate of drug-likeness (QED) is 0.591. The summed E-state index contributed by atoms with van der Waals surface area (Å²) in [4.78, 5) is 23.4. The fourth-order valence-corrected chi connectivity index (χ4v) is 7.51. The fourth-order valence-electron chi connectivity index (χ4n) is 7.51. The van der Waals surface area contributed by atoms with Gasteiger partial charge >= 0.3 is 11.9 Å². The zero-order valence-corrected chi connectivity index (χ0v) is 16.3. The SMILES string of the molecule is CC(=O)OCC1CC23CCC4C(C)(C(=O)O)CCCC4(C)C2=CCC1C3. The summed E-state index contributed by atoms with van der Waals surface area (Å²) in [6.07, 6.45) is 10.9. The Morgan fingerprint density at radius 2 is 2.00 bits per heavy atom. The van der Waals surface area contributed by atoms with Crippen molar-refractivity contribution in [3.8, 4) is 0 Å². The molecule has 0 aliphatic heterocycles. The van der Waals surface area contributed by atoms with Crippen LogP contribution in [0.2, 0.25) is 0 Å². The topological polar surface area (TPSA) is 63.6 Å². The fraction of sp³-hybridized carbons (Fsp3) is 0.818. The van der Waals surface area contributed by atoms with Crippen molar-refractivity contribution in [3.63, 3.8) is 0 Å². The lowest BCUT2D eigenvalue weighted by molar-refractivity contribution is -0.161. The number of rotatable bonds is 3. The van der Waals surface area contributed by atoms with Crippen molar-refractivity contribution in [2.75, 3.05) is 6.61 Å². The van der Waals surface area contributed by atoms with Crippen LogP contribution in [0.4, 0.5) is 0 Å². The van der Waals surface area contributed by atoms with Gasteiger partial charge in [-0.05, 0) is 80.5 Å². The third-order valence-corrected chi connectivity index (χ3v) is 8.62. The number of hydrogen-bond donors (Lipinski definition) is 1. The van der Waals surface area contributed by atoms with Crippen molar-refractivity contribution in [2.45, 2.75) is 72.1 Å². The van der Waals surface area contributed by atoms with Crippen LogP contribution >= 0.6 is 0 Å². The van der Waals surface area contributed by atoms with E-state index < -0.39 is 11.4 Å². The van der Waals surface area contributed by atoms with Gasteiger partial charge in [0.2, 0.25) is 0 Å². The monoisotopic (exact) mass is 360 g/mol. The number of aliphatic carboxylic acids is 1. The van der Waals surface area contributed by atoms with Crippen molar-refractivity contribution in [1.82, 2.24) is 0 Å². The standard InChI is InChI=1S/C22H32O4/c1-14(23)26-13-16-12-22-10-7-17-20(2,18(22)6-5-15(16)11-22)8-4-9-21(17,3)19(24)25/h6,15-17H,4-5,7-13H2,1-3H3,(H,24,25). The van der Waals surface area contributed by atoms with Crippen LogP contribution in [0.5, 0.6) is 0 Å². The van der Waals surface area contributed by atoms with Crippen LogP contribution in [-0.4, -0.2) is 23.7 Å². The molecule has 4 nitrogen and oxygen atoms in total. The summed E-state index contributed by atoms with van der Waals surface area (Å²) in [5.41, 5.74) is 1.22. The second-order valence-corrected chi connectivity index (χ2v) is 9.95. The van der Waals surface area contributed by atoms with E-state index in [1.165, 1.54) is 13.3 Å². The Kier molecular flexibility index (Phi) is 4.06. The summed E-state index contributed by atoms with van der Waals surface area (Å²) in [5.74, 6) is 0.521. The van der Waals surface area contributed by atoms with E-state index in [2.05, 4.69) is 13.0 Å². The zero-order chi connectivity index (χ0) is 18.7. The Labute approximate surface area is 156 Å². The van der Waals surface area contributed by atoms with E-state index in [9.17, 15) is 14.7 Å². The Balaban J connectivity index is 1.64. The third kappa shape index (κ3) is 2.40. The Hall–Kier alpha value is -1.32. The van der Waals surface area contributed by atoms with Crippen LogP contribution in [0.25, 0.3) is 0 Å². The summed E-state index contributed by atoms with van der Waals surface area (Å²) in [6, 6.07) is 0. The number of ether oxygens (including phenoxy) is 1. The number of carbonyl (C=O) groups excluding carboxylic acids is 1. The Morgan fingerprint density at radius 1 is 1.23 bits per heavy atom. The average molecular weight is 360 g/mol. The van der Waals surface area contributed by atoms with E-state index in [1.807, 2.05) is 6.92 Å². The maximum absolute atomic E-state index is 12.1. The summed E-state index contributed by atoms with van der Waals surface area (Å²) in [7, 11) is 0. The minimum atomic E-state index is -0.613. The molecule has 0 aromatic carbocycles. The molecule has 0 aromatic rings. The lowest BCUT2D eigenvalue weighted by Gasteiger charge is -2.60. The maximum Gasteiger partial charge on any atom is 0.309 e. The molecule has 1 spiro atoms. The molecular weight excluding hydrogens is 328 g/mol. The van der Waals surface area contributed by atoms with Gasteiger partial charge in [0, 0.05) is 6.92 Å². The predicted octanol–water partition coefficient (Wildman–Crippen LogP) is 4.58. The average Bonchev–Trinajstić information content (AvgIpc) is 2.82. The predicted molar refractivity (Wildman–Crippen MR) is 98.4 cm³/mol. The molecule has 2 bridgehead atoms. The highest BCUT2D eigenvalue weighted by Gasteiger charge is 2.63. The van der Waals surface area contributed by atoms with Crippen LogP contribution < -0.4 is 0 Å². The van der Waals surface area contributed by atoms with Gasteiger partial charge in [-0.15, -0.1) is 0 Å². The Bertz CT molecular complexity index is 667. The second kappa shape index (κ2) is 5.84. The minimum Gasteiger partial charge on any atom is -0.481 e. The van der Waals surface area contributed by atoms with Gasteiger partial charge in [0.25, 0.3) is 0 Å². The molecule has 3 saturated carbocycles. The molecule has 0 saturated heterocycles. The maximum atomic E-state index is 12.1. The molecule has 0 radical (unpaired) electrons. The van der Waals surface area contributed by atoms with Crippen molar-refractivity contribution in [1.29, 1.82) is 0 Å². The summed E-state index contributed by atoms with van der Waals surface area (Å²) >= 11 is 0. The molecule has 1 N–H and O–H groups in total. The molecule has 4 aliphatic rings. The van der Waals surface area contributed by atoms with Crippen molar-refractivity contribution >= 4 is 11.9 Å². The van der Waals surface area contributed by atoms with Gasteiger partial charge in [-0.25, -0.2) is 0 Å². The molecule has 4 rings (SSSR count). The van der Waals surface area contributed by atoms with E-state index >= 15 is 0 Å². The van der Waals surface area contributed by atoms with Gasteiger partial charge in [0.05, 0.1) is 12.0 Å². The number of carboxylic acids is 1. The zero-order valence-electron chi connectivity index (χ0n) is 16.3. The van der Waals surface area contributed by atoms with Gasteiger partial charge in [-0.2, -0.15) is 0 Å². The molecule has 0 heterocycles. The minimum absolute atomic E-state index is 0.0188. The molecule has 144 valence electrons. The highest BCUT2D eigenvalue weighted by Crippen LogP contribution is 2.70. The first-order valence-corrected chi connectivity index (χ1v) is 10.3. The lowest BCUT2D eigenvalue weighted by atomic mass is 9.44. The van der Waals surface area contributed by atoms with Gasteiger partial charge < -0.3 is 9.84 Å². The first-order valence-electron chi connectivity index (χ1n) is 10.3. The largest absolute Gasteiger partial charge is 0.481 e. The molecule has 4 heteroatoms. The smallest absolute Gasteiger partial charge is 0.309 e. The number of carboxylic acid groups (broad SMARTS) is 1. The lowest BCUT2D eigenvalue weighted by Crippen LogP contribution is -2.54. The van der Waals surface area contributed by atoms with E-state index in [1.54, 1.807) is 5.57 Å². The van der Waals surface area contributed by atoms with E-state index in [0.29, 0.717) is 18.4 Å². The molecule has 0 aromatic heterocycles. The van der Waals surface area contributed by atoms with Gasteiger partial charge in [-0.3, -0.25) is 9.59 Å². The molecule has 26 heavy (non-hydrogen) atoms. The van der Waals surface area contributed by atoms with Crippen molar-refractivity contribution in [3.05, 3.63) is 11.6 Å². The first-order chi connectivity index (χ1) is 12.2. The number of hydrogen-bond acceptors (Lipinski definition) is 3. The van der Waals surface area contributed by atoms with Crippen LogP contribution in [0, 0.1) is 34.0 Å². The first kappa shape index (κ1) is 18.1. The number of esters is 1. The number of allylic oxidation sites excluding steroid dienone is 2. The van der Waals surface area contributed by atoms with E-state index in [-0.39, 0.29) is 22.7 Å². The molecule has 3 fully saturated rings.